The lowest BCUT2D eigenvalue weighted by molar-refractivity contribution is 0.405. The zero-order valence-electron chi connectivity index (χ0n) is 39.3. The van der Waals surface area contributed by atoms with Crippen LogP contribution in [-0.2, 0) is 21.7 Å². The minimum absolute atomic E-state index is 0.0658. The molecule has 5 N–H and O–H groups in total. The van der Waals surface area contributed by atoms with Crippen molar-refractivity contribution in [1.82, 2.24) is 0 Å². The van der Waals surface area contributed by atoms with Gasteiger partial charge in [-0.15, -0.1) is 0 Å². The molecule has 6 aromatic carbocycles. The molecule has 0 saturated heterocycles. The first-order valence-electron chi connectivity index (χ1n) is 21.6. The van der Waals surface area contributed by atoms with Crippen molar-refractivity contribution in [3.63, 3.8) is 0 Å². The van der Waals surface area contributed by atoms with E-state index >= 15 is 0 Å². The second kappa shape index (κ2) is 19.9. The molecule has 5 heteroatoms. The maximum absolute atomic E-state index is 9.67. The number of rotatable bonds is 8. The van der Waals surface area contributed by atoms with Gasteiger partial charge in [0.2, 0.25) is 0 Å². The highest BCUT2D eigenvalue weighted by atomic mass is 16.3. The van der Waals surface area contributed by atoms with E-state index in [0.717, 1.165) is 58.5 Å². The monoisotopic (exact) mass is 815 g/mol. The summed E-state index contributed by atoms with van der Waals surface area (Å²) in [7, 11) is 0. The predicted octanol–water partition coefficient (Wildman–Crippen LogP) is 15.3. The summed E-state index contributed by atoms with van der Waals surface area (Å²) in [5.74, 6) is 1.01. The fraction of sp³-hybridized carbons (Fsp3) is 0.418. The number of benzene rings is 6. The van der Waals surface area contributed by atoms with Crippen molar-refractivity contribution in [3.05, 3.63) is 136 Å². The fourth-order valence-corrected chi connectivity index (χ4v) is 6.59. The number of hydrogen-bond acceptors (Lipinski definition) is 5. The molecule has 0 unspecified atom stereocenters. The van der Waals surface area contributed by atoms with Gasteiger partial charge in [-0.2, -0.15) is 0 Å². The molecule has 0 aromatic heterocycles. The molecule has 0 aliphatic heterocycles. The zero-order valence-corrected chi connectivity index (χ0v) is 39.3. The molecule has 6 aromatic rings. The smallest absolute Gasteiger partial charge is 0.158 e. The Balaban J connectivity index is 0.000000215. The summed E-state index contributed by atoms with van der Waals surface area (Å²) >= 11 is 0. The highest BCUT2D eigenvalue weighted by molar-refractivity contribution is 5.87. The molecule has 0 bridgehead atoms. The highest BCUT2D eigenvalue weighted by Crippen LogP contribution is 2.36. The van der Waals surface area contributed by atoms with Crippen LogP contribution in [0.4, 0.5) is 0 Å². The van der Waals surface area contributed by atoms with Gasteiger partial charge < -0.3 is 25.5 Å². The van der Waals surface area contributed by atoms with E-state index < -0.39 is 0 Å². The Morgan fingerprint density at radius 3 is 1.12 bits per heavy atom. The lowest BCUT2D eigenvalue weighted by atomic mass is 9.81. The molecule has 0 aliphatic rings. The molecule has 0 aliphatic carbocycles. The standard InChI is InChI=1S/C15H18O2.C15H18O.C13H20O.C12H18O/c1-4-15(2,3)12-6-5-10-8-13(16)14(17)9-11(10)7-12;1-4-15(2,3)13-7-5-12-10-14(16)8-6-11(12)9-13;1-6-13(4,5)11-7-9(2)12(14)10(3)8-11;1-5-12(3,4)10-6-7-11(13)9(2)8-10/h5-9,16-17H,4H2,1-3H3;5-10,16H,4H2,1-3H3;7-8,14H,6H2,1-5H3;6-8,13H,5H2,1-4H3. The summed E-state index contributed by atoms with van der Waals surface area (Å²) < 4.78 is 0. The number of aromatic hydroxyl groups is 5. The Bertz CT molecular complexity index is 2340. The Morgan fingerprint density at radius 1 is 0.333 bits per heavy atom. The third-order valence-corrected chi connectivity index (χ3v) is 13.1. The van der Waals surface area contributed by atoms with Crippen LogP contribution in [0.5, 0.6) is 28.7 Å². The highest BCUT2D eigenvalue weighted by Gasteiger charge is 2.21. The van der Waals surface area contributed by atoms with Crippen LogP contribution in [0.15, 0.2) is 97.1 Å². The van der Waals surface area contributed by atoms with Gasteiger partial charge in [-0.05, 0) is 159 Å². The van der Waals surface area contributed by atoms with Crippen molar-refractivity contribution < 1.29 is 25.5 Å². The molecule has 0 atom stereocenters. The maximum Gasteiger partial charge on any atom is 0.158 e. The van der Waals surface area contributed by atoms with E-state index in [4.69, 9.17) is 0 Å². The van der Waals surface area contributed by atoms with Gasteiger partial charge in [-0.25, -0.2) is 0 Å². The second-order valence-electron chi connectivity index (χ2n) is 19.1. The lowest BCUT2D eigenvalue weighted by Gasteiger charge is -2.24. The molecule has 0 fully saturated rings. The molecule has 0 heterocycles. The van der Waals surface area contributed by atoms with E-state index in [9.17, 15) is 25.5 Å². The van der Waals surface area contributed by atoms with Crippen LogP contribution in [0, 0.1) is 20.8 Å². The minimum Gasteiger partial charge on any atom is -0.508 e. The number of fused-ring (bicyclic) bond motifs is 2. The van der Waals surface area contributed by atoms with Crippen LogP contribution in [0.2, 0.25) is 0 Å². The van der Waals surface area contributed by atoms with Crippen LogP contribution >= 0.6 is 0 Å². The Hall–Kier alpha value is -5.16. The van der Waals surface area contributed by atoms with Crippen molar-refractivity contribution in [2.75, 3.05) is 0 Å². The summed E-state index contributed by atoms with van der Waals surface area (Å²) in [5.41, 5.74) is 8.86. The van der Waals surface area contributed by atoms with Gasteiger partial charge in [0, 0.05) is 0 Å². The molecule has 60 heavy (non-hydrogen) atoms. The molecule has 0 radical (unpaired) electrons. The van der Waals surface area contributed by atoms with Crippen LogP contribution in [0.3, 0.4) is 0 Å². The van der Waals surface area contributed by atoms with Gasteiger partial charge in [-0.1, -0.05) is 150 Å². The van der Waals surface area contributed by atoms with E-state index in [1.807, 2.05) is 39.0 Å². The quantitative estimate of drug-likeness (QED) is 0.0985. The van der Waals surface area contributed by atoms with E-state index in [0.29, 0.717) is 17.2 Å². The fourth-order valence-electron chi connectivity index (χ4n) is 6.59. The Kier molecular flexibility index (Phi) is 16.3. The van der Waals surface area contributed by atoms with E-state index in [1.54, 1.807) is 30.3 Å². The summed E-state index contributed by atoms with van der Waals surface area (Å²) in [5, 5.41) is 51.6. The summed E-state index contributed by atoms with van der Waals surface area (Å²) in [6.45, 7) is 32.4. The third kappa shape index (κ3) is 12.4. The molecule has 6 rings (SSSR count). The molecule has 0 spiro atoms. The largest absolute Gasteiger partial charge is 0.508 e. The summed E-state index contributed by atoms with van der Waals surface area (Å²) in [6, 6.07) is 31.4. The van der Waals surface area contributed by atoms with Crippen LogP contribution < -0.4 is 0 Å². The van der Waals surface area contributed by atoms with Gasteiger partial charge in [0.1, 0.15) is 17.2 Å². The van der Waals surface area contributed by atoms with Gasteiger partial charge >= 0.3 is 0 Å². The number of aryl methyl sites for hydroxylation is 3. The van der Waals surface area contributed by atoms with E-state index in [2.05, 4.69) is 132 Å². The molecular weight excluding hydrogens is 741 g/mol. The van der Waals surface area contributed by atoms with Crippen molar-refractivity contribution in [2.24, 2.45) is 0 Å². The van der Waals surface area contributed by atoms with E-state index in [1.165, 1.54) is 27.6 Å². The minimum atomic E-state index is -0.0694. The van der Waals surface area contributed by atoms with Crippen LogP contribution in [-0.4, -0.2) is 25.5 Å². The maximum atomic E-state index is 9.67. The van der Waals surface area contributed by atoms with Crippen LogP contribution in [0.25, 0.3) is 21.5 Å². The van der Waals surface area contributed by atoms with Crippen molar-refractivity contribution in [2.45, 2.75) is 151 Å². The average Bonchev–Trinajstić information content (AvgIpc) is 3.21. The normalized spacial score (nSPS) is 11.8. The SMILES string of the molecule is CCC(C)(C)c1cc(C)c(O)c(C)c1.CCC(C)(C)c1ccc(O)c(C)c1.CCC(C)(C)c1ccc2cc(O)c(O)cc2c1.CCC(C)(C)c1ccc2cc(O)ccc2c1. The first-order valence-corrected chi connectivity index (χ1v) is 21.6. The zero-order chi connectivity index (χ0) is 45.4. The van der Waals surface area contributed by atoms with Crippen molar-refractivity contribution in [3.8, 4) is 28.7 Å². The average molecular weight is 815 g/mol. The number of hydrogen-bond donors (Lipinski definition) is 5. The summed E-state index contributed by atoms with van der Waals surface area (Å²) in [4.78, 5) is 0. The predicted molar refractivity (Wildman–Crippen MR) is 257 cm³/mol. The topological polar surface area (TPSA) is 101 Å². The molecule has 324 valence electrons. The van der Waals surface area contributed by atoms with E-state index in [-0.39, 0.29) is 33.2 Å². The first-order chi connectivity index (χ1) is 27.8. The van der Waals surface area contributed by atoms with Gasteiger partial charge in [0.15, 0.2) is 11.5 Å². The Labute approximate surface area is 361 Å². The third-order valence-electron chi connectivity index (χ3n) is 13.1. The van der Waals surface area contributed by atoms with Crippen LogP contribution in [0.1, 0.15) is 148 Å². The summed E-state index contributed by atoms with van der Waals surface area (Å²) in [6.07, 6.45) is 4.40. The van der Waals surface area contributed by atoms with Gasteiger partial charge in [0.25, 0.3) is 0 Å². The molecular formula is C55H74O5. The van der Waals surface area contributed by atoms with Crippen molar-refractivity contribution >= 4 is 21.5 Å². The molecule has 0 amide bonds. The number of phenols is 5. The van der Waals surface area contributed by atoms with Gasteiger partial charge in [0.05, 0.1) is 0 Å². The number of phenolic OH excluding ortho intramolecular Hbond substituents is 5. The molecule has 5 nitrogen and oxygen atoms in total. The van der Waals surface area contributed by atoms with Crippen molar-refractivity contribution in [1.29, 1.82) is 0 Å². The second-order valence-corrected chi connectivity index (χ2v) is 19.1. The van der Waals surface area contributed by atoms with Gasteiger partial charge in [-0.3, -0.25) is 0 Å². The first kappa shape index (κ1) is 49.2. The molecule has 0 saturated carbocycles. The lowest BCUT2D eigenvalue weighted by Crippen LogP contribution is -2.15. The Morgan fingerprint density at radius 2 is 0.667 bits per heavy atom.